The number of pyridine rings is 1. The molecule has 0 unspecified atom stereocenters. The fourth-order valence-electron chi connectivity index (χ4n) is 3.27. The SMILES string of the molecule is O=C(c1cccn2nnnc12)N1CCO[C@@H]2CCC[C@@H]21. The lowest BCUT2D eigenvalue weighted by Gasteiger charge is -2.37. The van der Waals surface area contributed by atoms with E-state index in [2.05, 4.69) is 15.5 Å². The molecule has 2 fully saturated rings. The van der Waals surface area contributed by atoms with Crippen LogP contribution in [0.25, 0.3) is 5.65 Å². The van der Waals surface area contributed by atoms with E-state index in [1.807, 2.05) is 4.90 Å². The molecule has 2 aromatic heterocycles. The Morgan fingerprint density at radius 2 is 2.35 bits per heavy atom. The van der Waals surface area contributed by atoms with E-state index < -0.39 is 0 Å². The molecule has 2 atom stereocenters. The van der Waals surface area contributed by atoms with Gasteiger partial charge in [-0.3, -0.25) is 4.79 Å². The Morgan fingerprint density at radius 3 is 3.30 bits per heavy atom. The summed E-state index contributed by atoms with van der Waals surface area (Å²) in [7, 11) is 0. The van der Waals surface area contributed by atoms with Gasteiger partial charge >= 0.3 is 0 Å². The maximum atomic E-state index is 12.8. The summed E-state index contributed by atoms with van der Waals surface area (Å²) in [6, 6.07) is 3.78. The molecular formula is C13H15N5O2. The zero-order valence-corrected chi connectivity index (χ0v) is 11.0. The van der Waals surface area contributed by atoms with Crippen LogP contribution in [-0.2, 0) is 4.74 Å². The molecule has 3 heterocycles. The number of amides is 1. The maximum absolute atomic E-state index is 12.8. The first kappa shape index (κ1) is 11.8. The number of ether oxygens (including phenoxy) is 1. The van der Waals surface area contributed by atoms with Crippen LogP contribution >= 0.6 is 0 Å². The minimum absolute atomic E-state index is 0.00519. The van der Waals surface area contributed by atoms with Gasteiger partial charge in [0, 0.05) is 12.7 Å². The normalized spacial score (nSPS) is 25.9. The molecule has 7 heteroatoms. The van der Waals surface area contributed by atoms with Crippen molar-refractivity contribution in [3.05, 3.63) is 23.9 Å². The first-order valence-electron chi connectivity index (χ1n) is 6.94. The van der Waals surface area contributed by atoms with Crippen LogP contribution in [-0.4, -0.2) is 56.1 Å². The molecule has 0 aromatic carbocycles. The molecule has 0 radical (unpaired) electrons. The summed E-state index contributed by atoms with van der Waals surface area (Å²) in [6.45, 7) is 1.25. The lowest BCUT2D eigenvalue weighted by Crippen LogP contribution is -2.51. The molecule has 4 rings (SSSR count). The third-order valence-corrected chi connectivity index (χ3v) is 4.20. The van der Waals surface area contributed by atoms with Crippen molar-refractivity contribution >= 4 is 11.6 Å². The highest BCUT2D eigenvalue weighted by molar-refractivity contribution is 5.99. The highest BCUT2D eigenvalue weighted by atomic mass is 16.5. The topological polar surface area (TPSA) is 72.6 Å². The van der Waals surface area contributed by atoms with Crippen LogP contribution in [0, 0.1) is 0 Å². The van der Waals surface area contributed by atoms with Crippen LogP contribution in [0.4, 0.5) is 0 Å². The number of morpholine rings is 1. The van der Waals surface area contributed by atoms with Crippen LogP contribution < -0.4 is 0 Å². The second-order valence-corrected chi connectivity index (χ2v) is 5.27. The standard InChI is InChI=1S/C13H15N5O2/c19-13(9-3-2-6-18-12(9)14-15-16-18)17-7-8-20-11-5-1-4-10(11)17/h2-3,6,10-11H,1,4-5,7-8H2/t10-,11+/m0/s1. The molecule has 2 aromatic rings. The van der Waals surface area contributed by atoms with E-state index in [0.717, 1.165) is 19.3 Å². The zero-order valence-electron chi connectivity index (χ0n) is 11.0. The van der Waals surface area contributed by atoms with Gasteiger partial charge < -0.3 is 9.64 Å². The van der Waals surface area contributed by atoms with E-state index in [9.17, 15) is 4.79 Å². The third kappa shape index (κ3) is 1.70. The zero-order chi connectivity index (χ0) is 13.5. The Balaban J connectivity index is 1.71. The van der Waals surface area contributed by atoms with Crippen LogP contribution in [0.1, 0.15) is 29.6 Å². The summed E-state index contributed by atoms with van der Waals surface area (Å²) >= 11 is 0. The Kier molecular flexibility index (Phi) is 2.66. The molecule has 1 aliphatic heterocycles. The van der Waals surface area contributed by atoms with Gasteiger partial charge in [-0.2, -0.15) is 4.52 Å². The Morgan fingerprint density at radius 1 is 1.40 bits per heavy atom. The van der Waals surface area contributed by atoms with Gasteiger partial charge in [-0.1, -0.05) is 0 Å². The summed E-state index contributed by atoms with van der Waals surface area (Å²) in [5.41, 5.74) is 1.07. The molecule has 1 saturated heterocycles. The molecule has 1 aliphatic carbocycles. The van der Waals surface area contributed by atoms with Gasteiger partial charge in [0.15, 0.2) is 5.65 Å². The average molecular weight is 273 g/mol. The number of hydrogen-bond donors (Lipinski definition) is 0. The van der Waals surface area contributed by atoms with Crippen LogP contribution in [0.15, 0.2) is 18.3 Å². The van der Waals surface area contributed by atoms with Crippen molar-refractivity contribution in [2.24, 2.45) is 0 Å². The first-order valence-corrected chi connectivity index (χ1v) is 6.94. The van der Waals surface area contributed by atoms with Crippen molar-refractivity contribution in [1.82, 2.24) is 24.9 Å². The lowest BCUT2D eigenvalue weighted by atomic mass is 10.1. The molecule has 20 heavy (non-hydrogen) atoms. The summed E-state index contributed by atoms with van der Waals surface area (Å²) in [6.07, 6.45) is 5.12. The number of hydrogen-bond acceptors (Lipinski definition) is 5. The maximum Gasteiger partial charge on any atom is 0.258 e. The molecule has 1 saturated carbocycles. The van der Waals surface area contributed by atoms with Crippen molar-refractivity contribution in [1.29, 1.82) is 0 Å². The molecule has 0 N–H and O–H groups in total. The van der Waals surface area contributed by atoms with E-state index in [1.54, 1.807) is 18.3 Å². The smallest absolute Gasteiger partial charge is 0.258 e. The number of nitrogens with zero attached hydrogens (tertiary/aromatic N) is 5. The number of tetrazole rings is 1. The second kappa shape index (κ2) is 4.52. The average Bonchev–Trinajstić information content (AvgIpc) is 3.13. The molecular weight excluding hydrogens is 258 g/mol. The van der Waals surface area contributed by atoms with Crippen molar-refractivity contribution in [2.75, 3.05) is 13.2 Å². The van der Waals surface area contributed by atoms with E-state index in [1.165, 1.54) is 4.52 Å². The molecule has 2 aliphatic rings. The molecule has 104 valence electrons. The highest BCUT2D eigenvalue weighted by Crippen LogP contribution is 2.30. The predicted molar refractivity (Wildman–Crippen MR) is 69.2 cm³/mol. The van der Waals surface area contributed by atoms with Gasteiger partial charge in [0.2, 0.25) is 0 Å². The summed E-state index contributed by atoms with van der Waals surface area (Å²) < 4.78 is 7.28. The molecule has 7 nitrogen and oxygen atoms in total. The van der Waals surface area contributed by atoms with Crippen LogP contribution in [0.3, 0.4) is 0 Å². The molecule has 1 amide bonds. The van der Waals surface area contributed by atoms with Gasteiger partial charge in [0.25, 0.3) is 5.91 Å². The van der Waals surface area contributed by atoms with Gasteiger partial charge in [0.1, 0.15) is 0 Å². The van der Waals surface area contributed by atoms with Crippen molar-refractivity contribution in [3.63, 3.8) is 0 Å². The molecule has 0 bridgehead atoms. The fourth-order valence-corrected chi connectivity index (χ4v) is 3.27. The van der Waals surface area contributed by atoms with Gasteiger partial charge in [-0.15, -0.1) is 5.10 Å². The van der Waals surface area contributed by atoms with E-state index in [-0.39, 0.29) is 18.1 Å². The second-order valence-electron chi connectivity index (χ2n) is 5.27. The highest BCUT2D eigenvalue weighted by Gasteiger charge is 2.39. The number of rotatable bonds is 1. The van der Waals surface area contributed by atoms with Crippen molar-refractivity contribution in [2.45, 2.75) is 31.4 Å². The summed E-state index contributed by atoms with van der Waals surface area (Å²) in [4.78, 5) is 14.8. The Hall–Kier alpha value is -2.02. The lowest BCUT2D eigenvalue weighted by molar-refractivity contribution is -0.0445. The van der Waals surface area contributed by atoms with E-state index >= 15 is 0 Å². The third-order valence-electron chi connectivity index (χ3n) is 4.20. The number of fused-ring (bicyclic) bond motifs is 2. The quantitative estimate of drug-likeness (QED) is 0.757. The number of carbonyl (C=O) groups excluding carboxylic acids is 1. The minimum Gasteiger partial charge on any atom is -0.374 e. The van der Waals surface area contributed by atoms with Crippen molar-refractivity contribution in [3.8, 4) is 0 Å². The Labute approximate surface area is 115 Å². The molecule has 0 spiro atoms. The number of carbonyl (C=O) groups is 1. The Bertz CT molecular complexity index is 655. The van der Waals surface area contributed by atoms with E-state index in [4.69, 9.17) is 4.74 Å². The predicted octanol–water partition coefficient (Wildman–Crippen LogP) is 0.518. The first-order chi connectivity index (χ1) is 9.84. The largest absolute Gasteiger partial charge is 0.374 e. The fraction of sp³-hybridized carbons (Fsp3) is 0.538. The van der Waals surface area contributed by atoms with Crippen molar-refractivity contribution < 1.29 is 9.53 Å². The van der Waals surface area contributed by atoms with Gasteiger partial charge in [-0.25, -0.2) is 0 Å². The summed E-state index contributed by atoms with van der Waals surface area (Å²) in [5, 5.41) is 11.4. The minimum atomic E-state index is 0.00519. The van der Waals surface area contributed by atoms with Gasteiger partial charge in [-0.05, 0) is 41.8 Å². The van der Waals surface area contributed by atoms with Crippen LogP contribution in [0.5, 0.6) is 0 Å². The number of aromatic nitrogens is 4. The summed E-state index contributed by atoms with van der Waals surface area (Å²) in [5.74, 6) is 0.00519. The monoisotopic (exact) mass is 273 g/mol. The van der Waals surface area contributed by atoms with Crippen LogP contribution in [0.2, 0.25) is 0 Å². The van der Waals surface area contributed by atoms with Gasteiger partial charge in [0.05, 0.1) is 24.3 Å². The van der Waals surface area contributed by atoms with E-state index in [0.29, 0.717) is 24.4 Å².